The van der Waals surface area contributed by atoms with E-state index in [2.05, 4.69) is 34.9 Å². The van der Waals surface area contributed by atoms with Gasteiger partial charge < -0.3 is 10.6 Å². The van der Waals surface area contributed by atoms with Crippen molar-refractivity contribution in [1.29, 1.82) is 0 Å². The highest BCUT2D eigenvalue weighted by atomic mass is 79.9. The maximum Gasteiger partial charge on any atom is 0.257 e. The molecule has 0 spiro atoms. The van der Waals surface area contributed by atoms with Crippen molar-refractivity contribution in [2.45, 2.75) is 33.2 Å². The summed E-state index contributed by atoms with van der Waals surface area (Å²) in [6.45, 7) is 6.74. The Labute approximate surface area is 152 Å². The van der Waals surface area contributed by atoms with Crippen LogP contribution in [0.2, 0.25) is 0 Å². The van der Waals surface area contributed by atoms with Crippen LogP contribution in [0.1, 0.15) is 36.3 Å². The number of halogens is 1. The Kier molecular flexibility index (Phi) is 6.18. The molecule has 130 valence electrons. The summed E-state index contributed by atoms with van der Waals surface area (Å²) in [5.41, 5.74) is 8.46. The summed E-state index contributed by atoms with van der Waals surface area (Å²) in [4.78, 5) is 14.4. The third-order valence-electron chi connectivity index (χ3n) is 4.31. The second-order valence-corrected chi connectivity index (χ2v) is 7.37. The van der Waals surface area contributed by atoms with Gasteiger partial charge in [0, 0.05) is 24.1 Å². The Morgan fingerprint density at radius 2 is 1.96 bits per heavy atom. The lowest BCUT2D eigenvalue weighted by molar-refractivity contribution is 0.0788. The minimum Gasteiger partial charge on any atom is -0.342 e. The number of hydrogen-bond donors (Lipinski definition) is 1. The first-order valence-corrected chi connectivity index (χ1v) is 8.92. The van der Waals surface area contributed by atoms with E-state index >= 15 is 0 Å². The molecule has 0 saturated carbocycles. The van der Waals surface area contributed by atoms with Crippen LogP contribution in [0.3, 0.4) is 0 Å². The first kappa shape index (κ1) is 18.7. The maximum atomic E-state index is 12.7. The standard InChI is InChI=1S/C18H25BrN4O/c1-12(2)17(20)9-10-22(4)18(24)16-11-21-23(13(16)3)15-7-5-14(19)6-8-15/h5-8,11-12,17H,9-10,20H2,1-4H3. The molecular weight excluding hydrogens is 368 g/mol. The molecule has 1 heterocycles. The lowest BCUT2D eigenvalue weighted by Gasteiger charge is -2.21. The molecular formula is C18H25BrN4O. The fourth-order valence-electron chi connectivity index (χ4n) is 2.45. The summed E-state index contributed by atoms with van der Waals surface area (Å²) in [6, 6.07) is 7.94. The fraction of sp³-hybridized carbons (Fsp3) is 0.444. The number of rotatable bonds is 6. The molecule has 0 radical (unpaired) electrons. The second kappa shape index (κ2) is 7.94. The number of aromatic nitrogens is 2. The molecule has 1 aromatic carbocycles. The Morgan fingerprint density at radius 3 is 2.54 bits per heavy atom. The summed E-state index contributed by atoms with van der Waals surface area (Å²) in [7, 11) is 1.81. The molecule has 6 heteroatoms. The molecule has 0 aliphatic carbocycles. The van der Waals surface area contributed by atoms with Gasteiger partial charge in [0.2, 0.25) is 0 Å². The molecule has 0 fully saturated rings. The van der Waals surface area contributed by atoms with Crippen LogP contribution in [0.15, 0.2) is 34.9 Å². The molecule has 1 unspecified atom stereocenters. The minimum absolute atomic E-state index is 0.0215. The van der Waals surface area contributed by atoms with Crippen LogP contribution in [-0.2, 0) is 0 Å². The number of carbonyl (C=O) groups is 1. The predicted molar refractivity (Wildman–Crippen MR) is 100 cm³/mol. The summed E-state index contributed by atoms with van der Waals surface area (Å²) in [5, 5.41) is 4.37. The Balaban J connectivity index is 2.12. The topological polar surface area (TPSA) is 64.2 Å². The number of nitrogens with two attached hydrogens (primary N) is 1. The summed E-state index contributed by atoms with van der Waals surface area (Å²) in [6.07, 6.45) is 2.43. The normalized spacial score (nSPS) is 12.5. The molecule has 1 atom stereocenters. The lowest BCUT2D eigenvalue weighted by Crippen LogP contribution is -2.34. The monoisotopic (exact) mass is 392 g/mol. The van der Waals surface area contributed by atoms with Crippen molar-refractivity contribution in [3.8, 4) is 5.69 Å². The molecule has 24 heavy (non-hydrogen) atoms. The molecule has 0 saturated heterocycles. The van der Waals surface area contributed by atoms with Crippen molar-refractivity contribution in [2.75, 3.05) is 13.6 Å². The summed E-state index contributed by atoms with van der Waals surface area (Å²) in [5.74, 6) is 0.391. The zero-order valence-corrected chi connectivity index (χ0v) is 16.2. The lowest BCUT2D eigenvalue weighted by atomic mass is 10.0. The van der Waals surface area contributed by atoms with Crippen LogP contribution >= 0.6 is 15.9 Å². The van der Waals surface area contributed by atoms with E-state index in [0.717, 1.165) is 22.3 Å². The highest BCUT2D eigenvalue weighted by molar-refractivity contribution is 9.10. The van der Waals surface area contributed by atoms with Gasteiger partial charge in [0.15, 0.2) is 0 Å². The van der Waals surface area contributed by atoms with Crippen LogP contribution in [0.4, 0.5) is 0 Å². The maximum absolute atomic E-state index is 12.7. The van der Waals surface area contributed by atoms with Gasteiger partial charge in [0.1, 0.15) is 0 Å². The van der Waals surface area contributed by atoms with E-state index in [1.807, 2.05) is 38.2 Å². The van der Waals surface area contributed by atoms with Gasteiger partial charge in [0.05, 0.1) is 23.1 Å². The first-order chi connectivity index (χ1) is 11.3. The smallest absolute Gasteiger partial charge is 0.257 e. The average molecular weight is 393 g/mol. The number of carbonyl (C=O) groups excluding carboxylic acids is 1. The third kappa shape index (κ3) is 4.24. The molecule has 2 N–H and O–H groups in total. The SMILES string of the molecule is Cc1c(C(=O)N(C)CCC(N)C(C)C)cnn1-c1ccc(Br)cc1. The van der Waals surface area contributed by atoms with E-state index in [9.17, 15) is 4.79 Å². The van der Waals surface area contributed by atoms with E-state index in [1.165, 1.54) is 0 Å². The van der Waals surface area contributed by atoms with Crippen LogP contribution in [-0.4, -0.2) is 40.2 Å². The molecule has 0 aliphatic rings. The fourth-order valence-corrected chi connectivity index (χ4v) is 2.71. The Bertz CT molecular complexity index is 694. The van der Waals surface area contributed by atoms with E-state index in [-0.39, 0.29) is 11.9 Å². The molecule has 2 rings (SSSR count). The van der Waals surface area contributed by atoms with Gasteiger partial charge in [-0.05, 0) is 43.5 Å². The van der Waals surface area contributed by atoms with E-state index in [4.69, 9.17) is 5.73 Å². The van der Waals surface area contributed by atoms with Gasteiger partial charge in [-0.25, -0.2) is 4.68 Å². The summed E-state index contributed by atoms with van der Waals surface area (Å²) >= 11 is 3.42. The first-order valence-electron chi connectivity index (χ1n) is 8.13. The van der Waals surface area contributed by atoms with Gasteiger partial charge >= 0.3 is 0 Å². The zero-order chi connectivity index (χ0) is 17.9. The number of benzene rings is 1. The van der Waals surface area contributed by atoms with E-state index in [0.29, 0.717) is 18.0 Å². The Morgan fingerprint density at radius 1 is 1.33 bits per heavy atom. The van der Waals surface area contributed by atoms with Crippen molar-refractivity contribution in [3.05, 3.63) is 46.2 Å². The van der Waals surface area contributed by atoms with Crippen molar-refractivity contribution in [3.63, 3.8) is 0 Å². The van der Waals surface area contributed by atoms with E-state index in [1.54, 1.807) is 15.8 Å². The van der Waals surface area contributed by atoms with Gasteiger partial charge in [0.25, 0.3) is 5.91 Å². The van der Waals surface area contributed by atoms with Gasteiger partial charge in [-0.15, -0.1) is 0 Å². The Hall–Kier alpha value is -1.66. The molecule has 2 aromatic rings. The van der Waals surface area contributed by atoms with Crippen LogP contribution in [0.5, 0.6) is 0 Å². The molecule has 1 amide bonds. The molecule has 5 nitrogen and oxygen atoms in total. The number of amides is 1. The number of hydrogen-bond acceptors (Lipinski definition) is 3. The predicted octanol–water partition coefficient (Wildman–Crippen LogP) is 3.39. The number of nitrogens with zero attached hydrogens (tertiary/aromatic N) is 3. The molecule has 0 bridgehead atoms. The van der Waals surface area contributed by atoms with Gasteiger partial charge in [-0.3, -0.25) is 4.79 Å². The van der Waals surface area contributed by atoms with Crippen molar-refractivity contribution in [1.82, 2.24) is 14.7 Å². The highest BCUT2D eigenvalue weighted by Gasteiger charge is 2.19. The molecule has 1 aromatic heterocycles. The zero-order valence-electron chi connectivity index (χ0n) is 14.7. The molecule has 0 aliphatic heterocycles. The van der Waals surface area contributed by atoms with Crippen LogP contribution in [0, 0.1) is 12.8 Å². The third-order valence-corrected chi connectivity index (χ3v) is 4.84. The van der Waals surface area contributed by atoms with Crippen LogP contribution in [0.25, 0.3) is 5.69 Å². The van der Waals surface area contributed by atoms with Gasteiger partial charge in [-0.2, -0.15) is 5.10 Å². The largest absolute Gasteiger partial charge is 0.342 e. The highest BCUT2D eigenvalue weighted by Crippen LogP contribution is 2.18. The quantitative estimate of drug-likeness (QED) is 0.818. The van der Waals surface area contributed by atoms with Crippen LogP contribution < -0.4 is 5.73 Å². The van der Waals surface area contributed by atoms with Gasteiger partial charge in [-0.1, -0.05) is 29.8 Å². The van der Waals surface area contributed by atoms with Crippen molar-refractivity contribution in [2.24, 2.45) is 11.7 Å². The van der Waals surface area contributed by atoms with E-state index < -0.39 is 0 Å². The summed E-state index contributed by atoms with van der Waals surface area (Å²) < 4.78 is 2.79. The average Bonchev–Trinajstić information content (AvgIpc) is 2.93. The van der Waals surface area contributed by atoms with Crippen molar-refractivity contribution < 1.29 is 4.79 Å². The van der Waals surface area contributed by atoms with Crippen molar-refractivity contribution >= 4 is 21.8 Å². The minimum atomic E-state index is -0.0215. The second-order valence-electron chi connectivity index (χ2n) is 6.46.